The van der Waals surface area contributed by atoms with Crippen molar-refractivity contribution < 1.29 is 4.79 Å². The van der Waals surface area contributed by atoms with E-state index in [4.69, 9.17) is 11.6 Å². The molecule has 128 valence electrons. The van der Waals surface area contributed by atoms with E-state index >= 15 is 0 Å². The maximum Gasteiger partial charge on any atom is 0.224 e. The van der Waals surface area contributed by atoms with Gasteiger partial charge in [0.05, 0.1) is 18.4 Å². The van der Waals surface area contributed by atoms with E-state index in [-0.39, 0.29) is 5.91 Å². The van der Waals surface area contributed by atoms with E-state index < -0.39 is 0 Å². The van der Waals surface area contributed by atoms with Crippen LogP contribution in [0.3, 0.4) is 0 Å². The summed E-state index contributed by atoms with van der Waals surface area (Å²) in [6.07, 6.45) is 4.62. The van der Waals surface area contributed by atoms with Crippen LogP contribution in [0.1, 0.15) is 23.1 Å². The number of amides is 1. The van der Waals surface area contributed by atoms with Gasteiger partial charge in [0, 0.05) is 17.6 Å². The van der Waals surface area contributed by atoms with Crippen LogP contribution in [0.2, 0.25) is 5.02 Å². The average molecular weight is 354 g/mol. The van der Waals surface area contributed by atoms with E-state index in [9.17, 15) is 4.79 Å². The Balaban J connectivity index is 1.51. The first kappa shape index (κ1) is 17.2. The molecule has 0 saturated carbocycles. The fourth-order valence-electron chi connectivity index (χ4n) is 2.53. The fraction of sp³-hybridized carbons (Fsp3) is 0.200. The lowest BCUT2D eigenvalue weighted by molar-refractivity contribution is -0.116. The number of rotatable bonds is 6. The van der Waals surface area contributed by atoms with Gasteiger partial charge in [0.15, 0.2) is 0 Å². The summed E-state index contributed by atoms with van der Waals surface area (Å²) in [5, 5.41) is 7.90. The van der Waals surface area contributed by atoms with Crippen molar-refractivity contribution in [3.63, 3.8) is 0 Å². The molecule has 0 fully saturated rings. The Bertz CT molecular complexity index is 838. The molecule has 0 aliphatic rings. The number of aryl methyl sites for hydroxylation is 2. The minimum atomic E-state index is -0.0233. The average Bonchev–Trinajstić information content (AvgIpc) is 3.03. The van der Waals surface area contributed by atoms with Crippen LogP contribution in [0.15, 0.2) is 60.9 Å². The number of carbonyl (C=O) groups excluding carboxylic acids is 1. The summed E-state index contributed by atoms with van der Waals surface area (Å²) in [6.45, 7) is 2.75. The molecule has 2 aromatic carbocycles. The number of carbonyl (C=O) groups is 1. The topological polar surface area (TPSA) is 46.9 Å². The van der Waals surface area contributed by atoms with Crippen LogP contribution in [0.25, 0.3) is 0 Å². The van der Waals surface area contributed by atoms with Gasteiger partial charge >= 0.3 is 0 Å². The van der Waals surface area contributed by atoms with Crippen LogP contribution in [-0.4, -0.2) is 15.7 Å². The largest absolute Gasteiger partial charge is 0.323 e. The molecule has 3 aromatic rings. The van der Waals surface area contributed by atoms with Crippen molar-refractivity contribution in [2.24, 2.45) is 0 Å². The van der Waals surface area contributed by atoms with Gasteiger partial charge in [0.1, 0.15) is 0 Å². The predicted octanol–water partition coefficient (Wildman–Crippen LogP) is 4.46. The third kappa shape index (κ3) is 5.19. The summed E-state index contributed by atoms with van der Waals surface area (Å²) >= 11 is 5.86. The van der Waals surface area contributed by atoms with Gasteiger partial charge in [0.25, 0.3) is 0 Å². The number of benzene rings is 2. The normalized spacial score (nSPS) is 10.6. The zero-order valence-corrected chi connectivity index (χ0v) is 14.8. The molecule has 1 aromatic heterocycles. The van der Waals surface area contributed by atoms with Gasteiger partial charge in [-0.1, -0.05) is 53.6 Å². The van der Waals surface area contributed by atoms with Gasteiger partial charge in [0.2, 0.25) is 5.91 Å². The molecule has 0 radical (unpaired) electrons. The van der Waals surface area contributed by atoms with Gasteiger partial charge in [-0.15, -0.1) is 0 Å². The van der Waals surface area contributed by atoms with Crippen molar-refractivity contribution in [3.8, 4) is 0 Å². The van der Waals surface area contributed by atoms with Crippen LogP contribution < -0.4 is 5.32 Å². The molecule has 3 rings (SSSR count). The van der Waals surface area contributed by atoms with E-state index in [0.717, 1.165) is 5.56 Å². The maximum absolute atomic E-state index is 12.1. The number of nitrogens with one attached hydrogen (secondary N) is 1. The van der Waals surface area contributed by atoms with Crippen molar-refractivity contribution in [3.05, 3.63) is 82.6 Å². The third-order valence-electron chi connectivity index (χ3n) is 3.94. The zero-order valence-electron chi connectivity index (χ0n) is 14.1. The van der Waals surface area contributed by atoms with Crippen LogP contribution in [0.5, 0.6) is 0 Å². The fourth-order valence-corrected chi connectivity index (χ4v) is 2.65. The minimum Gasteiger partial charge on any atom is -0.323 e. The molecular formula is C20H20ClN3O. The molecule has 1 N–H and O–H groups in total. The standard InChI is InChI=1S/C20H20ClN3O/c1-15-2-4-17(5-3-15)13-24-14-19(12-22-24)23-20(25)11-8-16-6-9-18(21)10-7-16/h2-7,9-10,12,14H,8,11,13H2,1H3,(H,23,25). The van der Waals surface area contributed by atoms with Crippen LogP contribution in [-0.2, 0) is 17.8 Å². The summed E-state index contributed by atoms with van der Waals surface area (Å²) in [4.78, 5) is 12.1. The van der Waals surface area contributed by atoms with E-state index in [1.165, 1.54) is 11.1 Å². The van der Waals surface area contributed by atoms with Crippen LogP contribution >= 0.6 is 11.6 Å². The number of halogens is 1. The molecule has 0 atom stereocenters. The highest BCUT2D eigenvalue weighted by Gasteiger charge is 2.06. The summed E-state index contributed by atoms with van der Waals surface area (Å²) in [7, 11) is 0. The number of aromatic nitrogens is 2. The first-order chi connectivity index (χ1) is 12.1. The lowest BCUT2D eigenvalue weighted by Gasteiger charge is -2.04. The second-order valence-electron chi connectivity index (χ2n) is 6.09. The van der Waals surface area contributed by atoms with Gasteiger partial charge in [-0.05, 0) is 36.6 Å². The lowest BCUT2D eigenvalue weighted by atomic mass is 10.1. The Kier molecular flexibility index (Phi) is 5.51. The number of anilines is 1. The number of hydrogen-bond acceptors (Lipinski definition) is 2. The zero-order chi connectivity index (χ0) is 17.6. The number of nitrogens with zero attached hydrogens (tertiary/aromatic N) is 2. The summed E-state index contributed by atoms with van der Waals surface area (Å²) < 4.78 is 1.82. The molecule has 5 heteroatoms. The number of hydrogen-bond donors (Lipinski definition) is 1. The Hall–Kier alpha value is -2.59. The van der Waals surface area contributed by atoms with Crippen molar-refractivity contribution >= 4 is 23.2 Å². The SMILES string of the molecule is Cc1ccc(Cn2cc(NC(=O)CCc3ccc(Cl)cc3)cn2)cc1. The van der Waals surface area contributed by atoms with E-state index in [0.29, 0.717) is 30.1 Å². The van der Waals surface area contributed by atoms with Gasteiger partial charge in [-0.2, -0.15) is 5.10 Å². The quantitative estimate of drug-likeness (QED) is 0.711. The Labute approximate surface area is 152 Å². The van der Waals surface area contributed by atoms with Crippen molar-refractivity contribution in [1.29, 1.82) is 0 Å². The Morgan fingerprint density at radius 1 is 1.08 bits per heavy atom. The van der Waals surface area contributed by atoms with Gasteiger partial charge in [-0.25, -0.2) is 0 Å². The second kappa shape index (κ2) is 7.99. The highest BCUT2D eigenvalue weighted by atomic mass is 35.5. The Morgan fingerprint density at radius 2 is 1.76 bits per heavy atom. The molecule has 1 amide bonds. The first-order valence-electron chi connectivity index (χ1n) is 8.21. The highest BCUT2D eigenvalue weighted by molar-refractivity contribution is 6.30. The maximum atomic E-state index is 12.1. The monoisotopic (exact) mass is 353 g/mol. The molecule has 0 aliphatic carbocycles. The molecule has 1 heterocycles. The molecule has 0 spiro atoms. The molecule has 0 aliphatic heterocycles. The first-order valence-corrected chi connectivity index (χ1v) is 8.58. The molecule has 0 saturated heterocycles. The molecule has 4 nitrogen and oxygen atoms in total. The minimum absolute atomic E-state index is 0.0233. The summed E-state index contributed by atoms with van der Waals surface area (Å²) in [5.41, 5.74) is 4.22. The summed E-state index contributed by atoms with van der Waals surface area (Å²) in [6, 6.07) is 15.9. The van der Waals surface area contributed by atoms with E-state index in [2.05, 4.69) is 41.6 Å². The van der Waals surface area contributed by atoms with Crippen molar-refractivity contribution in [2.75, 3.05) is 5.32 Å². The highest BCUT2D eigenvalue weighted by Crippen LogP contribution is 2.12. The smallest absolute Gasteiger partial charge is 0.224 e. The predicted molar refractivity (Wildman–Crippen MR) is 101 cm³/mol. The van der Waals surface area contributed by atoms with Crippen LogP contribution in [0.4, 0.5) is 5.69 Å². The van der Waals surface area contributed by atoms with Gasteiger partial charge in [-0.3, -0.25) is 9.48 Å². The third-order valence-corrected chi connectivity index (χ3v) is 4.19. The van der Waals surface area contributed by atoms with Crippen LogP contribution in [0, 0.1) is 6.92 Å². The lowest BCUT2D eigenvalue weighted by Crippen LogP contribution is -2.11. The molecular weight excluding hydrogens is 334 g/mol. The molecule has 0 bridgehead atoms. The van der Waals surface area contributed by atoms with E-state index in [1.807, 2.05) is 35.1 Å². The summed E-state index contributed by atoms with van der Waals surface area (Å²) in [5.74, 6) is -0.0233. The van der Waals surface area contributed by atoms with E-state index in [1.54, 1.807) is 6.20 Å². The van der Waals surface area contributed by atoms with Crippen molar-refractivity contribution in [1.82, 2.24) is 9.78 Å². The molecule has 25 heavy (non-hydrogen) atoms. The van der Waals surface area contributed by atoms with Gasteiger partial charge < -0.3 is 5.32 Å². The van der Waals surface area contributed by atoms with Crippen molar-refractivity contribution in [2.45, 2.75) is 26.3 Å². The molecule has 0 unspecified atom stereocenters. The Morgan fingerprint density at radius 3 is 2.48 bits per heavy atom. The second-order valence-corrected chi connectivity index (χ2v) is 6.52.